The van der Waals surface area contributed by atoms with E-state index in [-0.39, 0.29) is 110 Å². The van der Waals surface area contributed by atoms with Gasteiger partial charge in [-0.05, 0) is 171 Å². The average molecular weight is 1130 g/mol. The Balaban J connectivity index is 0.782. The summed E-state index contributed by atoms with van der Waals surface area (Å²) in [6.07, 6.45) is 8.43. The van der Waals surface area contributed by atoms with Crippen molar-refractivity contribution in [3.05, 3.63) is 141 Å². The summed E-state index contributed by atoms with van der Waals surface area (Å²) in [6, 6.07) is 28.6. The van der Waals surface area contributed by atoms with Crippen LogP contribution in [0.5, 0.6) is 17.2 Å². The number of carbonyl (C=O) groups excluding carboxylic acids is 8. The van der Waals surface area contributed by atoms with Crippen LogP contribution in [-0.4, -0.2) is 95.2 Å². The molecule has 16 nitrogen and oxygen atoms in total. The lowest BCUT2D eigenvalue weighted by atomic mass is 9.98. The molecule has 0 radical (unpaired) electrons. The number of hydrogen-bond donors (Lipinski definition) is 2. The van der Waals surface area contributed by atoms with Crippen molar-refractivity contribution in [3.8, 4) is 17.2 Å². The van der Waals surface area contributed by atoms with E-state index < -0.39 is 17.9 Å². The largest absolute Gasteiger partial charge is 0.493 e. The van der Waals surface area contributed by atoms with Gasteiger partial charge in [0.15, 0.2) is 17.3 Å². The number of likely N-dealkylation sites (tertiary alicyclic amines) is 1. The lowest BCUT2D eigenvalue weighted by Gasteiger charge is -2.23. The predicted molar refractivity (Wildman–Crippen MR) is 314 cm³/mol. The number of imide groups is 1. The zero-order valence-corrected chi connectivity index (χ0v) is 48.1. The lowest BCUT2D eigenvalue weighted by Crippen LogP contribution is -2.39. The molecule has 428 valence electrons. The van der Waals surface area contributed by atoms with Gasteiger partial charge in [0, 0.05) is 84.8 Å². The minimum Gasteiger partial charge on any atom is -0.493 e. The van der Waals surface area contributed by atoms with Gasteiger partial charge >= 0.3 is 0 Å². The summed E-state index contributed by atoms with van der Waals surface area (Å²) < 4.78 is 18.9. The number of ketones is 2. The van der Waals surface area contributed by atoms with E-state index in [1.165, 1.54) is 27.8 Å². The van der Waals surface area contributed by atoms with Crippen molar-refractivity contribution in [2.75, 3.05) is 35.0 Å². The van der Waals surface area contributed by atoms with Crippen molar-refractivity contribution in [2.24, 2.45) is 5.92 Å². The summed E-state index contributed by atoms with van der Waals surface area (Å²) in [6.45, 7) is 5.58. The molecule has 0 aliphatic carbocycles. The van der Waals surface area contributed by atoms with Crippen molar-refractivity contribution in [2.45, 2.75) is 147 Å². The average Bonchev–Trinajstić information content (AvgIpc) is 4.16. The van der Waals surface area contributed by atoms with Crippen molar-refractivity contribution in [3.63, 3.8) is 0 Å². The quantitative estimate of drug-likeness (QED) is 0.0465. The van der Waals surface area contributed by atoms with E-state index in [2.05, 4.69) is 22.8 Å². The molecule has 1 fully saturated rings. The van der Waals surface area contributed by atoms with Crippen LogP contribution >= 0.6 is 11.8 Å². The highest BCUT2D eigenvalue weighted by Crippen LogP contribution is 2.42. The molecule has 5 heterocycles. The highest BCUT2D eigenvalue weighted by molar-refractivity contribution is 8.00. The Kier molecular flexibility index (Phi) is 17.6. The van der Waals surface area contributed by atoms with E-state index in [1.54, 1.807) is 39.3 Å². The van der Waals surface area contributed by atoms with Gasteiger partial charge in [-0.1, -0.05) is 43.3 Å². The second-order valence-electron chi connectivity index (χ2n) is 22.5. The summed E-state index contributed by atoms with van der Waals surface area (Å²) in [4.78, 5) is 111. The predicted octanol–water partition coefficient (Wildman–Crippen LogP) is 9.64. The normalized spacial score (nSPS) is 18.5. The monoisotopic (exact) mass is 1130 g/mol. The first-order valence-corrected chi connectivity index (χ1v) is 29.9. The van der Waals surface area contributed by atoms with E-state index in [0.29, 0.717) is 65.3 Å². The van der Waals surface area contributed by atoms with Crippen LogP contribution in [0.4, 0.5) is 17.1 Å². The number of fused-ring (bicyclic) bond motifs is 8. The van der Waals surface area contributed by atoms with Crippen LogP contribution in [0.3, 0.4) is 0 Å². The highest BCUT2D eigenvalue weighted by Gasteiger charge is 2.40. The Bertz CT molecular complexity index is 3360. The van der Waals surface area contributed by atoms with E-state index in [0.717, 1.165) is 65.7 Å². The molecule has 0 bridgehead atoms. The van der Waals surface area contributed by atoms with Gasteiger partial charge in [-0.3, -0.25) is 43.3 Å². The Morgan fingerprint density at radius 1 is 0.671 bits per heavy atom. The first-order valence-electron chi connectivity index (χ1n) is 28.6. The molecule has 5 atom stereocenters. The number of unbranched alkanes of at least 4 members (excludes halogenated alkanes) is 1. The Labute approximate surface area is 483 Å². The fourth-order valence-electron chi connectivity index (χ4n) is 12.2. The van der Waals surface area contributed by atoms with Crippen molar-refractivity contribution < 1.29 is 52.6 Å². The van der Waals surface area contributed by atoms with E-state index in [9.17, 15) is 38.4 Å². The molecule has 10 rings (SSSR count). The minimum absolute atomic E-state index is 0.00220. The summed E-state index contributed by atoms with van der Waals surface area (Å²) in [5.41, 5.74) is 10.0. The van der Waals surface area contributed by atoms with Crippen LogP contribution in [0.2, 0.25) is 0 Å². The third-order valence-corrected chi connectivity index (χ3v) is 17.6. The molecule has 82 heavy (non-hydrogen) atoms. The molecule has 5 unspecified atom stereocenters. The number of benzene rings is 5. The number of methoxy groups -OCH3 is 1. The van der Waals surface area contributed by atoms with Gasteiger partial charge in [-0.2, -0.15) is 11.8 Å². The molecule has 6 amide bonds. The number of ether oxygens (including phenoxy) is 3. The molecule has 0 aromatic heterocycles. The smallest absolute Gasteiger partial charge is 0.258 e. The Morgan fingerprint density at radius 3 is 1.85 bits per heavy atom. The maximum atomic E-state index is 14.2. The van der Waals surface area contributed by atoms with E-state index in [4.69, 9.17) is 14.2 Å². The fourth-order valence-corrected chi connectivity index (χ4v) is 12.8. The zero-order valence-electron chi connectivity index (χ0n) is 47.3. The van der Waals surface area contributed by atoms with Gasteiger partial charge in [0.2, 0.25) is 23.6 Å². The van der Waals surface area contributed by atoms with Gasteiger partial charge in [0.05, 0.1) is 18.4 Å². The minimum atomic E-state index is -0.851. The number of anilines is 3. The number of hydrogen-bond acceptors (Lipinski definition) is 12. The number of thioether (sulfide) groups is 1. The van der Waals surface area contributed by atoms with Gasteiger partial charge in [0.1, 0.15) is 24.7 Å². The number of nitrogens with one attached hydrogen (secondary N) is 2. The standard InChI is InChI=1S/C65H71N5O11S/c1-38-25-51-43(20-22-48-30-45-13-6-9-17-53(45)69(48)63(51)76)32-56(38)80-36-41-27-42(37-81-58-33-44-21-23-49-31-46-14-7-10-18-54(46)70(49)64(77)52(44)34-57(58)79-4)29-47(28-41)67-62(75)39(2)26-55(72)40(3)66-60(73)19-11-8-15-50(71)16-12-24-68-61(74)35-59(82-5)65(68)78/h6-7,9-10,13-14,17-18,25,27-29,32-34,39-40,48-49,59H,8,11-12,15-16,19-24,26,30-31,35-37H2,1-5H3,(H,66,73)(H,67,75). The molecular weight excluding hydrogens is 1060 g/mol. The van der Waals surface area contributed by atoms with E-state index >= 15 is 0 Å². The number of aryl methyl sites for hydroxylation is 3. The number of amides is 6. The molecule has 5 aliphatic rings. The molecule has 17 heteroatoms. The maximum absolute atomic E-state index is 14.2. The van der Waals surface area contributed by atoms with E-state index in [1.807, 2.05) is 83.5 Å². The van der Waals surface area contributed by atoms with Gasteiger partial charge in [-0.25, -0.2) is 0 Å². The summed E-state index contributed by atoms with van der Waals surface area (Å²) in [7, 11) is 1.55. The van der Waals surface area contributed by atoms with Gasteiger partial charge in [0.25, 0.3) is 11.8 Å². The highest BCUT2D eigenvalue weighted by atomic mass is 32.2. The molecule has 0 saturated carbocycles. The van der Waals surface area contributed by atoms with Crippen molar-refractivity contribution >= 4 is 75.8 Å². The molecular formula is C65H71N5O11S. The number of nitrogens with zero attached hydrogens (tertiary/aromatic N) is 3. The first-order chi connectivity index (χ1) is 39.6. The van der Waals surface area contributed by atoms with Crippen LogP contribution in [-0.2, 0) is 67.7 Å². The zero-order chi connectivity index (χ0) is 57.8. The molecule has 5 aromatic carbocycles. The molecule has 5 aromatic rings. The second kappa shape index (κ2) is 25.1. The fraction of sp³-hybridized carbons (Fsp3) is 0.415. The third-order valence-electron chi connectivity index (χ3n) is 16.7. The Morgan fingerprint density at radius 2 is 1.24 bits per heavy atom. The maximum Gasteiger partial charge on any atom is 0.258 e. The molecule has 2 N–H and O–H groups in total. The molecule has 1 saturated heterocycles. The summed E-state index contributed by atoms with van der Waals surface area (Å²) in [5.74, 6) is -0.777. The van der Waals surface area contributed by atoms with Crippen LogP contribution in [0.1, 0.15) is 138 Å². The molecule has 0 spiro atoms. The van der Waals surface area contributed by atoms with Crippen molar-refractivity contribution in [1.29, 1.82) is 0 Å². The summed E-state index contributed by atoms with van der Waals surface area (Å²) >= 11 is 1.35. The van der Waals surface area contributed by atoms with Crippen LogP contribution in [0.25, 0.3) is 0 Å². The summed E-state index contributed by atoms with van der Waals surface area (Å²) in [5, 5.41) is 5.41. The first kappa shape index (κ1) is 57.4. The third kappa shape index (κ3) is 12.5. The lowest BCUT2D eigenvalue weighted by molar-refractivity contribution is -0.138. The number of Topliss-reactive ketones (excluding diaryl/α,β-unsaturated/α-hetero) is 2. The van der Waals surface area contributed by atoms with Gasteiger partial charge < -0.3 is 34.6 Å². The topological polar surface area (TPSA) is 198 Å². The van der Waals surface area contributed by atoms with Crippen LogP contribution < -0.4 is 34.6 Å². The molecule has 5 aliphatic heterocycles. The number of para-hydroxylation sites is 2. The second-order valence-corrected chi connectivity index (χ2v) is 23.5. The van der Waals surface area contributed by atoms with Crippen LogP contribution in [0.15, 0.2) is 91.0 Å². The van der Waals surface area contributed by atoms with Gasteiger partial charge in [-0.15, -0.1) is 0 Å². The SMILES string of the molecule is COc1cc2c(cc1OCc1cc(COc3cc4c(cc3C)C(=O)N3c5ccccc5CC3CC4)cc(NC(=O)C(C)CC(=O)C(C)NC(=O)CCCCC(=O)CCCN3C(=O)CC(SC)C3=O)c1)CCC1Cc3ccccc3N1C2=O. The number of rotatable bonds is 23. The Hall–Kier alpha value is -7.79. The van der Waals surface area contributed by atoms with Crippen molar-refractivity contribution in [1.82, 2.24) is 10.2 Å². The number of carbonyl (C=O) groups is 8. The van der Waals surface area contributed by atoms with Crippen LogP contribution in [0, 0.1) is 12.8 Å².